The third kappa shape index (κ3) is 9.50. The first-order valence-electron chi connectivity index (χ1n) is 9.76. The maximum absolute atomic E-state index is 12.6. The zero-order valence-electron chi connectivity index (χ0n) is 17.2. The highest BCUT2D eigenvalue weighted by atomic mass is 127. The van der Waals surface area contributed by atoms with E-state index in [1.807, 2.05) is 41.0 Å². The number of benzene rings is 1. The second-order valence-corrected chi connectivity index (χ2v) is 6.99. The SMILES string of the molecule is CCNC(=NCCCOCCOC)N1CCN(Cc2ccc(Cl)cc2)C(=O)C1.I. The Balaban J connectivity index is 0.00000420. The van der Waals surface area contributed by atoms with Crippen molar-refractivity contribution in [1.29, 1.82) is 0 Å². The van der Waals surface area contributed by atoms with Crippen molar-refractivity contribution in [3.05, 3.63) is 34.9 Å². The van der Waals surface area contributed by atoms with Gasteiger partial charge in [-0.25, -0.2) is 0 Å². The van der Waals surface area contributed by atoms with Gasteiger partial charge in [-0.3, -0.25) is 9.79 Å². The van der Waals surface area contributed by atoms with Crippen LogP contribution in [0.5, 0.6) is 0 Å². The molecule has 1 amide bonds. The normalized spacial score (nSPS) is 14.7. The van der Waals surface area contributed by atoms with Crippen molar-refractivity contribution in [3.63, 3.8) is 0 Å². The Morgan fingerprint density at radius 3 is 2.62 bits per heavy atom. The number of hydrogen-bond acceptors (Lipinski definition) is 4. The predicted molar refractivity (Wildman–Crippen MR) is 127 cm³/mol. The fraction of sp³-hybridized carbons (Fsp3) is 0.600. The van der Waals surface area contributed by atoms with Crippen molar-refractivity contribution in [2.24, 2.45) is 4.99 Å². The van der Waals surface area contributed by atoms with E-state index in [0.717, 1.165) is 31.0 Å². The van der Waals surface area contributed by atoms with Gasteiger partial charge in [0.05, 0.1) is 19.8 Å². The fourth-order valence-electron chi connectivity index (χ4n) is 2.89. The van der Waals surface area contributed by atoms with Gasteiger partial charge >= 0.3 is 0 Å². The molecule has 1 aromatic carbocycles. The Morgan fingerprint density at radius 1 is 1.21 bits per heavy atom. The van der Waals surface area contributed by atoms with Crippen molar-refractivity contribution < 1.29 is 14.3 Å². The lowest BCUT2D eigenvalue weighted by molar-refractivity contribution is -0.135. The van der Waals surface area contributed by atoms with Crippen molar-refractivity contribution in [2.75, 3.05) is 59.7 Å². The molecule has 1 aliphatic rings. The summed E-state index contributed by atoms with van der Waals surface area (Å²) in [4.78, 5) is 21.2. The van der Waals surface area contributed by atoms with Gasteiger partial charge in [0, 0.05) is 51.5 Å². The Bertz CT molecular complexity index is 631. The van der Waals surface area contributed by atoms with Crippen LogP contribution in [-0.2, 0) is 20.8 Å². The molecular weight excluding hydrogens is 507 g/mol. The average molecular weight is 539 g/mol. The summed E-state index contributed by atoms with van der Waals surface area (Å²) in [7, 11) is 1.66. The largest absolute Gasteiger partial charge is 0.382 e. The van der Waals surface area contributed by atoms with Gasteiger partial charge in [0.25, 0.3) is 0 Å². The van der Waals surface area contributed by atoms with Crippen LogP contribution >= 0.6 is 35.6 Å². The molecule has 0 aromatic heterocycles. The summed E-state index contributed by atoms with van der Waals surface area (Å²) in [5.74, 6) is 0.897. The number of rotatable bonds is 10. The number of hydrogen-bond donors (Lipinski definition) is 1. The standard InChI is InChI=1S/C20H31ClN4O3.HI/c1-3-22-20(23-9-4-12-28-14-13-27-2)25-11-10-24(19(26)16-25)15-17-5-7-18(21)8-6-17;/h5-8H,3-4,9-16H2,1-2H3,(H,22,23);1H. The van der Waals surface area contributed by atoms with Crippen LogP contribution in [0.2, 0.25) is 5.02 Å². The highest BCUT2D eigenvalue weighted by Crippen LogP contribution is 2.13. The molecule has 164 valence electrons. The van der Waals surface area contributed by atoms with Crippen molar-refractivity contribution >= 4 is 47.4 Å². The lowest BCUT2D eigenvalue weighted by Gasteiger charge is -2.36. The van der Waals surface area contributed by atoms with Gasteiger partial charge in [-0.1, -0.05) is 23.7 Å². The van der Waals surface area contributed by atoms with E-state index in [1.165, 1.54) is 0 Å². The number of carbonyl (C=O) groups excluding carboxylic acids is 1. The zero-order valence-corrected chi connectivity index (χ0v) is 20.3. The molecule has 0 bridgehead atoms. The molecule has 1 N–H and O–H groups in total. The molecule has 0 radical (unpaired) electrons. The van der Waals surface area contributed by atoms with E-state index in [0.29, 0.717) is 51.0 Å². The molecule has 0 aliphatic carbocycles. The fourth-order valence-corrected chi connectivity index (χ4v) is 3.01. The summed E-state index contributed by atoms with van der Waals surface area (Å²) in [6.07, 6.45) is 0.836. The van der Waals surface area contributed by atoms with Crippen LogP contribution in [0.4, 0.5) is 0 Å². The van der Waals surface area contributed by atoms with Gasteiger partial charge < -0.3 is 24.6 Å². The second kappa shape index (κ2) is 14.8. The first-order chi connectivity index (χ1) is 13.6. The number of amides is 1. The van der Waals surface area contributed by atoms with Gasteiger partial charge in [0.15, 0.2) is 5.96 Å². The van der Waals surface area contributed by atoms with E-state index in [-0.39, 0.29) is 29.9 Å². The number of carbonyl (C=O) groups is 1. The van der Waals surface area contributed by atoms with E-state index in [2.05, 4.69) is 10.3 Å². The van der Waals surface area contributed by atoms with Crippen molar-refractivity contribution in [3.8, 4) is 0 Å². The number of methoxy groups -OCH3 is 1. The lowest BCUT2D eigenvalue weighted by Crippen LogP contribution is -2.55. The highest BCUT2D eigenvalue weighted by molar-refractivity contribution is 14.0. The molecule has 7 nitrogen and oxygen atoms in total. The average Bonchev–Trinajstić information content (AvgIpc) is 2.69. The van der Waals surface area contributed by atoms with Crippen LogP contribution < -0.4 is 5.32 Å². The van der Waals surface area contributed by atoms with E-state index in [4.69, 9.17) is 21.1 Å². The van der Waals surface area contributed by atoms with Gasteiger partial charge in [0.1, 0.15) is 0 Å². The van der Waals surface area contributed by atoms with Gasteiger partial charge in [-0.2, -0.15) is 0 Å². The van der Waals surface area contributed by atoms with Gasteiger partial charge in [-0.15, -0.1) is 24.0 Å². The topological polar surface area (TPSA) is 66.4 Å². The minimum Gasteiger partial charge on any atom is -0.382 e. The smallest absolute Gasteiger partial charge is 0.242 e. The number of piperazine rings is 1. The quantitative estimate of drug-likeness (QED) is 0.215. The summed E-state index contributed by atoms with van der Waals surface area (Å²) in [6, 6.07) is 7.63. The van der Waals surface area contributed by atoms with Crippen LogP contribution in [0.3, 0.4) is 0 Å². The number of nitrogens with one attached hydrogen (secondary N) is 1. The molecule has 0 spiro atoms. The molecule has 1 aliphatic heterocycles. The van der Waals surface area contributed by atoms with Gasteiger partial charge in [0.2, 0.25) is 5.91 Å². The predicted octanol–water partition coefficient (Wildman–Crippen LogP) is 2.62. The van der Waals surface area contributed by atoms with Crippen molar-refractivity contribution in [2.45, 2.75) is 19.9 Å². The van der Waals surface area contributed by atoms with E-state index < -0.39 is 0 Å². The maximum Gasteiger partial charge on any atom is 0.242 e. The molecule has 2 rings (SSSR count). The third-order valence-electron chi connectivity index (χ3n) is 4.38. The Hall–Kier alpha value is -1.10. The first-order valence-corrected chi connectivity index (χ1v) is 10.1. The number of guanidine groups is 1. The molecule has 1 heterocycles. The number of nitrogens with zero attached hydrogens (tertiary/aromatic N) is 3. The van der Waals surface area contributed by atoms with E-state index in [1.54, 1.807) is 7.11 Å². The summed E-state index contributed by atoms with van der Waals surface area (Å²) < 4.78 is 10.4. The molecule has 1 fully saturated rings. The molecule has 0 atom stereocenters. The molecule has 1 aromatic rings. The summed E-state index contributed by atoms with van der Waals surface area (Å²) in [5, 5.41) is 3.99. The van der Waals surface area contributed by atoms with Crippen LogP contribution in [0, 0.1) is 0 Å². The Labute approximate surface area is 195 Å². The minimum atomic E-state index is 0. The van der Waals surface area contributed by atoms with Crippen LogP contribution in [-0.4, -0.2) is 81.3 Å². The molecular formula is C20H32ClIN4O3. The molecule has 0 saturated carbocycles. The maximum atomic E-state index is 12.6. The van der Waals surface area contributed by atoms with Crippen LogP contribution in [0.1, 0.15) is 18.9 Å². The summed E-state index contributed by atoms with van der Waals surface area (Å²) in [6.45, 7) is 7.69. The molecule has 29 heavy (non-hydrogen) atoms. The highest BCUT2D eigenvalue weighted by Gasteiger charge is 2.25. The number of aliphatic imine (C=N–C) groups is 1. The van der Waals surface area contributed by atoms with Crippen LogP contribution in [0.25, 0.3) is 0 Å². The lowest BCUT2D eigenvalue weighted by atomic mass is 10.2. The number of ether oxygens (including phenoxy) is 2. The first kappa shape index (κ1) is 25.9. The monoisotopic (exact) mass is 538 g/mol. The zero-order chi connectivity index (χ0) is 20.2. The van der Waals surface area contributed by atoms with Crippen LogP contribution in [0.15, 0.2) is 29.3 Å². The Kier molecular flexibility index (Phi) is 13.2. The summed E-state index contributed by atoms with van der Waals surface area (Å²) >= 11 is 5.93. The van der Waals surface area contributed by atoms with Gasteiger partial charge in [-0.05, 0) is 31.0 Å². The minimum absolute atomic E-state index is 0. The third-order valence-corrected chi connectivity index (χ3v) is 4.63. The molecule has 0 unspecified atom stereocenters. The second-order valence-electron chi connectivity index (χ2n) is 6.56. The summed E-state index contributed by atoms with van der Waals surface area (Å²) in [5.41, 5.74) is 1.08. The molecule has 9 heteroatoms. The van der Waals surface area contributed by atoms with E-state index in [9.17, 15) is 4.79 Å². The number of halogens is 2. The van der Waals surface area contributed by atoms with E-state index >= 15 is 0 Å². The Morgan fingerprint density at radius 2 is 1.97 bits per heavy atom. The molecule has 1 saturated heterocycles. The van der Waals surface area contributed by atoms with Crippen molar-refractivity contribution in [1.82, 2.24) is 15.1 Å².